The molecule has 5 nitrogen and oxygen atoms in total. The Morgan fingerprint density at radius 3 is 2.55 bits per heavy atom. The van der Waals surface area contributed by atoms with Crippen LogP contribution in [0, 0.1) is 0 Å². The minimum absolute atomic E-state index is 0.0521. The number of halogens is 1. The van der Waals surface area contributed by atoms with Gasteiger partial charge in [-0.1, -0.05) is 15.9 Å². The highest BCUT2D eigenvalue weighted by molar-refractivity contribution is 9.10. The number of nitrogens with one attached hydrogen (secondary N) is 1. The molecule has 0 bridgehead atoms. The summed E-state index contributed by atoms with van der Waals surface area (Å²) in [5, 5.41) is 11.7. The van der Waals surface area contributed by atoms with E-state index in [2.05, 4.69) is 26.2 Å². The van der Waals surface area contributed by atoms with Gasteiger partial charge in [-0.2, -0.15) is 0 Å². The van der Waals surface area contributed by atoms with E-state index in [1.165, 1.54) is 6.07 Å². The van der Waals surface area contributed by atoms with Crippen molar-refractivity contribution in [2.45, 2.75) is 6.42 Å². The molecule has 0 atom stereocenters. The second-order valence-electron chi connectivity index (χ2n) is 4.08. The molecule has 0 saturated heterocycles. The summed E-state index contributed by atoms with van der Waals surface area (Å²) in [5.41, 5.74) is 1.13. The summed E-state index contributed by atoms with van der Waals surface area (Å²) in [4.78, 5) is 26.9. The maximum Gasteiger partial charge on any atom is 0.337 e. The van der Waals surface area contributed by atoms with E-state index in [0.29, 0.717) is 4.47 Å². The Balaban J connectivity index is 2.15. The van der Waals surface area contributed by atoms with Crippen LogP contribution in [-0.2, 0) is 11.2 Å². The highest BCUT2D eigenvalue weighted by Crippen LogP contribution is 2.21. The molecule has 20 heavy (non-hydrogen) atoms. The highest BCUT2D eigenvalue weighted by Gasteiger charge is 2.13. The number of benzene rings is 1. The van der Waals surface area contributed by atoms with E-state index in [9.17, 15) is 9.59 Å². The Morgan fingerprint density at radius 2 is 1.90 bits per heavy atom. The molecule has 1 heterocycles. The Morgan fingerprint density at radius 1 is 1.20 bits per heavy atom. The van der Waals surface area contributed by atoms with Crippen molar-refractivity contribution in [2.75, 3.05) is 5.32 Å². The topological polar surface area (TPSA) is 79.3 Å². The second-order valence-corrected chi connectivity index (χ2v) is 4.99. The van der Waals surface area contributed by atoms with Gasteiger partial charge in [-0.25, -0.2) is 4.79 Å². The maximum atomic E-state index is 11.9. The largest absolute Gasteiger partial charge is 0.478 e. The first kappa shape index (κ1) is 14.2. The molecule has 2 rings (SSSR count). The zero-order valence-corrected chi connectivity index (χ0v) is 11.9. The number of carbonyl (C=O) groups excluding carboxylic acids is 1. The quantitative estimate of drug-likeness (QED) is 0.900. The molecule has 1 aromatic carbocycles. The van der Waals surface area contributed by atoms with Crippen molar-refractivity contribution < 1.29 is 14.7 Å². The first-order valence-corrected chi connectivity index (χ1v) is 6.57. The number of hydrogen-bond acceptors (Lipinski definition) is 3. The fourth-order valence-corrected chi connectivity index (χ4v) is 2.05. The predicted octanol–water partition coefficient (Wildman–Crippen LogP) is 2.72. The number of nitrogens with zero attached hydrogens (tertiary/aromatic N) is 1. The Kier molecular flexibility index (Phi) is 4.47. The van der Waals surface area contributed by atoms with Crippen molar-refractivity contribution in [2.24, 2.45) is 0 Å². The highest BCUT2D eigenvalue weighted by atomic mass is 79.9. The Hall–Kier alpha value is -2.21. The van der Waals surface area contributed by atoms with Crippen molar-refractivity contribution in [1.82, 2.24) is 4.98 Å². The summed E-state index contributed by atoms with van der Waals surface area (Å²) in [7, 11) is 0. The molecule has 0 aliphatic heterocycles. The molecular weight excluding hydrogens is 324 g/mol. The lowest BCUT2D eigenvalue weighted by atomic mass is 10.1. The van der Waals surface area contributed by atoms with Crippen LogP contribution < -0.4 is 5.32 Å². The van der Waals surface area contributed by atoms with E-state index >= 15 is 0 Å². The van der Waals surface area contributed by atoms with Gasteiger partial charge in [0.05, 0.1) is 17.7 Å². The lowest BCUT2D eigenvalue weighted by Crippen LogP contribution is -2.16. The van der Waals surface area contributed by atoms with Crippen LogP contribution in [0.25, 0.3) is 0 Å². The number of carboxylic acid groups (broad SMARTS) is 1. The maximum absolute atomic E-state index is 11.9. The van der Waals surface area contributed by atoms with E-state index in [1.54, 1.807) is 36.7 Å². The van der Waals surface area contributed by atoms with Crippen molar-refractivity contribution >= 4 is 33.5 Å². The van der Waals surface area contributed by atoms with Gasteiger partial charge < -0.3 is 10.4 Å². The first-order chi connectivity index (χ1) is 9.56. The first-order valence-electron chi connectivity index (χ1n) is 5.78. The molecule has 2 aromatic rings. The van der Waals surface area contributed by atoms with Crippen LogP contribution in [0.15, 0.2) is 47.2 Å². The number of amides is 1. The van der Waals surface area contributed by atoms with Gasteiger partial charge in [-0.15, -0.1) is 0 Å². The molecule has 0 radical (unpaired) electrons. The van der Waals surface area contributed by atoms with Crippen molar-refractivity contribution in [1.29, 1.82) is 0 Å². The molecule has 1 aromatic heterocycles. The van der Waals surface area contributed by atoms with Crippen molar-refractivity contribution in [3.8, 4) is 0 Å². The van der Waals surface area contributed by atoms with Gasteiger partial charge in [0.15, 0.2) is 0 Å². The number of carboxylic acids is 1. The summed E-state index contributed by atoms with van der Waals surface area (Å²) in [5.74, 6) is -1.37. The van der Waals surface area contributed by atoms with Gasteiger partial charge in [0, 0.05) is 16.9 Å². The third-order valence-electron chi connectivity index (χ3n) is 2.60. The average Bonchev–Trinajstić information content (AvgIpc) is 2.39. The van der Waals surface area contributed by atoms with Crippen LogP contribution in [0.1, 0.15) is 15.9 Å². The lowest BCUT2D eigenvalue weighted by Gasteiger charge is -2.09. The van der Waals surface area contributed by atoms with Gasteiger partial charge >= 0.3 is 5.97 Å². The summed E-state index contributed by atoms with van der Waals surface area (Å²) >= 11 is 3.25. The van der Waals surface area contributed by atoms with E-state index in [-0.39, 0.29) is 23.6 Å². The summed E-state index contributed by atoms with van der Waals surface area (Å²) in [6.45, 7) is 0. The number of hydrogen-bond donors (Lipinski definition) is 2. The van der Waals surface area contributed by atoms with E-state index in [0.717, 1.165) is 5.56 Å². The minimum Gasteiger partial charge on any atom is -0.478 e. The number of carbonyl (C=O) groups is 2. The molecule has 6 heteroatoms. The molecule has 0 aliphatic carbocycles. The van der Waals surface area contributed by atoms with Crippen LogP contribution in [0.3, 0.4) is 0 Å². The fraction of sp³-hybridized carbons (Fsp3) is 0.0714. The number of aromatic carboxylic acids is 1. The SMILES string of the molecule is O=C(Cc1ccncc1)Nc1cc(Br)ccc1C(=O)O. The average molecular weight is 335 g/mol. The summed E-state index contributed by atoms with van der Waals surface area (Å²) in [6.07, 6.45) is 3.36. The Bertz CT molecular complexity index is 644. The molecule has 0 unspecified atom stereocenters. The summed E-state index contributed by atoms with van der Waals surface area (Å²) < 4.78 is 0.696. The molecule has 0 fully saturated rings. The number of anilines is 1. The number of aromatic nitrogens is 1. The summed E-state index contributed by atoms with van der Waals surface area (Å²) in [6, 6.07) is 8.08. The van der Waals surface area contributed by atoms with Crippen LogP contribution in [0.5, 0.6) is 0 Å². The van der Waals surface area contributed by atoms with Gasteiger partial charge in [0.2, 0.25) is 5.91 Å². The standard InChI is InChI=1S/C14H11BrN2O3/c15-10-1-2-11(14(19)20)12(8-10)17-13(18)7-9-3-5-16-6-4-9/h1-6,8H,7H2,(H,17,18)(H,19,20). The number of pyridine rings is 1. The minimum atomic E-state index is -1.09. The molecule has 0 saturated carbocycles. The molecule has 1 amide bonds. The third-order valence-corrected chi connectivity index (χ3v) is 3.09. The molecular formula is C14H11BrN2O3. The van der Waals surface area contributed by atoms with Crippen LogP contribution in [0.4, 0.5) is 5.69 Å². The van der Waals surface area contributed by atoms with Crippen molar-refractivity contribution in [3.63, 3.8) is 0 Å². The molecule has 2 N–H and O–H groups in total. The number of rotatable bonds is 4. The third kappa shape index (κ3) is 3.64. The van der Waals surface area contributed by atoms with Gasteiger partial charge in [-0.3, -0.25) is 9.78 Å². The second kappa shape index (κ2) is 6.29. The van der Waals surface area contributed by atoms with Gasteiger partial charge in [-0.05, 0) is 35.9 Å². The normalized spacial score (nSPS) is 10.1. The van der Waals surface area contributed by atoms with Crippen molar-refractivity contribution in [3.05, 3.63) is 58.3 Å². The predicted molar refractivity (Wildman–Crippen MR) is 77.7 cm³/mol. The van der Waals surface area contributed by atoms with E-state index in [4.69, 9.17) is 5.11 Å². The monoisotopic (exact) mass is 334 g/mol. The van der Waals surface area contributed by atoms with E-state index in [1.807, 2.05) is 0 Å². The van der Waals surface area contributed by atoms with Crippen LogP contribution in [-0.4, -0.2) is 22.0 Å². The Labute approximate surface area is 123 Å². The molecule has 0 spiro atoms. The van der Waals surface area contributed by atoms with Gasteiger partial charge in [0.25, 0.3) is 0 Å². The zero-order valence-electron chi connectivity index (χ0n) is 10.3. The zero-order chi connectivity index (χ0) is 14.5. The van der Waals surface area contributed by atoms with Crippen LogP contribution in [0.2, 0.25) is 0 Å². The lowest BCUT2D eigenvalue weighted by molar-refractivity contribution is -0.115. The molecule has 0 aliphatic rings. The fourth-order valence-electron chi connectivity index (χ4n) is 1.69. The van der Waals surface area contributed by atoms with E-state index < -0.39 is 5.97 Å². The van der Waals surface area contributed by atoms with Gasteiger partial charge in [0.1, 0.15) is 0 Å². The molecule has 102 valence electrons. The van der Waals surface area contributed by atoms with Crippen LogP contribution >= 0.6 is 15.9 Å². The smallest absolute Gasteiger partial charge is 0.337 e.